The third kappa shape index (κ3) is 1.23. The van der Waals surface area contributed by atoms with Crippen LogP contribution in [0.25, 0.3) is 0 Å². The average molecular weight is 151 g/mol. The second-order valence-electron chi connectivity index (χ2n) is 1.99. The maximum Gasteiger partial charge on any atom is 0.216 e. The van der Waals surface area contributed by atoms with Crippen LogP contribution in [0.2, 0.25) is 0 Å². The number of hydrogen-bond acceptors (Lipinski definition) is 3. The lowest BCUT2D eigenvalue weighted by molar-refractivity contribution is 0.187. The Morgan fingerprint density at radius 3 is 2.44 bits per heavy atom. The Morgan fingerprint density at radius 2 is 2.22 bits per heavy atom. The molecule has 1 aliphatic rings. The average Bonchev–Trinajstić information content (AvgIpc) is 2.08. The Morgan fingerprint density at radius 1 is 1.56 bits per heavy atom. The Labute approximate surface area is 54.1 Å². The van der Waals surface area contributed by atoms with Crippen LogP contribution in [0.3, 0.4) is 0 Å². The molecule has 1 rings (SSSR count). The van der Waals surface area contributed by atoms with E-state index < -0.39 is 10.0 Å². The summed E-state index contributed by atoms with van der Waals surface area (Å²) < 4.78 is 22.6. The molecular weight excluding hydrogens is 142 g/mol. The van der Waals surface area contributed by atoms with E-state index in [9.17, 15) is 8.42 Å². The summed E-state index contributed by atoms with van der Waals surface area (Å²) in [5.74, 6) is 0.188. The molecule has 0 aromatic heterocycles. The number of rotatable bonds is 1. The van der Waals surface area contributed by atoms with Crippen molar-refractivity contribution >= 4 is 10.0 Å². The van der Waals surface area contributed by atoms with Crippen molar-refractivity contribution in [1.29, 1.82) is 0 Å². The highest BCUT2D eigenvalue weighted by Crippen LogP contribution is 2.10. The van der Waals surface area contributed by atoms with Crippen LogP contribution in [0.5, 0.6) is 0 Å². The molecule has 0 aromatic rings. The van der Waals surface area contributed by atoms with E-state index in [1.54, 1.807) is 0 Å². The first-order valence-corrected chi connectivity index (χ1v) is 4.36. The van der Waals surface area contributed by atoms with Crippen LogP contribution >= 0.6 is 0 Å². The summed E-state index contributed by atoms with van der Waals surface area (Å²) in [4.78, 5) is 0. The highest BCUT2D eigenvalue weighted by atomic mass is 32.2. The molecule has 0 amide bonds. The zero-order valence-corrected chi connectivity index (χ0v) is 5.76. The highest BCUT2D eigenvalue weighted by Gasteiger charge is 2.26. The summed E-state index contributed by atoms with van der Waals surface area (Å²) in [7, 11) is -3.05. The minimum absolute atomic E-state index is 0.188. The molecule has 9 heavy (non-hydrogen) atoms. The fourth-order valence-corrected chi connectivity index (χ4v) is 2.19. The second-order valence-corrected chi connectivity index (χ2v) is 4.07. The number of sulfonamides is 1. The van der Waals surface area contributed by atoms with Crippen LogP contribution in [0.1, 0.15) is 6.42 Å². The third-order valence-electron chi connectivity index (χ3n) is 1.36. The van der Waals surface area contributed by atoms with Crippen LogP contribution in [0, 0.1) is 0 Å². The summed E-state index contributed by atoms with van der Waals surface area (Å²) >= 11 is 0. The van der Waals surface area contributed by atoms with E-state index in [2.05, 4.69) is 0 Å². The maximum atomic E-state index is 10.8. The van der Waals surface area contributed by atoms with Gasteiger partial charge in [0.2, 0.25) is 10.0 Å². The van der Waals surface area contributed by atoms with Gasteiger partial charge >= 0.3 is 0 Å². The number of aliphatic hydroxyl groups excluding tert-OH is 1. The van der Waals surface area contributed by atoms with E-state index in [-0.39, 0.29) is 12.5 Å². The van der Waals surface area contributed by atoms with Gasteiger partial charge in [0.1, 0.15) is 6.73 Å². The normalized spacial score (nSPS) is 26.8. The van der Waals surface area contributed by atoms with Gasteiger partial charge < -0.3 is 5.11 Å². The van der Waals surface area contributed by atoms with Crippen LogP contribution < -0.4 is 0 Å². The van der Waals surface area contributed by atoms with Crippen LogP contribution in [-0.4, -0.2) is 36.9 Å². The fourth-order valence-electron chi connectivity index (χ4n) is 0.850. The van der Waals surface area contributed by atoms with Crippen molar-refractivity contribution in [2.45, 2.75) is 6.42 Å². The van der Waals surface area contributed by atoms with E-state index in [4.69, 9.17) is 5.11 Å². The molecule has 0 spiro atoms. The van der Waals surface area contributed by atoms with Gasteiger partial charge in [0.05, 0.1) is 5.75 Å². The van der Waals surface area contributed by atoms with E-state index in [1.807, 2.05) is 0 Å². The molecule has 54 valence electrons. The first-order valence-electron chi connectivity index (χ1n) is 2.75. The lowest BCUT2D eigenvalue weighted by Crippen LogP contribution is -2.26. The Balaban J connectivity index is 2.75. The Kier molecular flexibility index (Phi) is 1.74. The van der Waals surface area contributed by atoms with Crippen molar-refractivity contribution in [3.63, 3.8) is 0 Å². The van der Waals surface area contributed by atoms with Gasteiger partial charge in [-0.3, -0.25) is 0 Å². The molecular formula is C4H9NO3S. The molecule has 0 aromatic carbocycles. The molecule has 0 aliphatic carbocycles. The van der Waals surface area contributed by atoms with E-state index >= 15 is 0 Å². The largest absolute Gasteiger partial charge is 0.380 e. The third-order valence-corrected chi connectivity index (χ3v) is 3.25. The van der Waals surface area contributed by atoms with Gasteiger partial charge in [0.25, 0.3) is 0 Å². The monoisotopic (exact) mass is 151 g/mol. The summed E-state index contributed by atoms with van der Waals surface area (Å²) in [5.41, 5.74) is 0. The molecule has 1 fully saturated rings. The van der Waals surface area contributed by atoms with Crippen LogP contribution in [-0.2, 0) is 10.0 Å². The van der Waals surface area contributed by atoms with E-state index in [1.165, 1.54) is 0 Å². The molecule has 1 N–H and O–H groups in total. The summed E-state index contributed by atoms with van der Waals surface area (Å²) in [6, 6.07) is 0. The van der Waals surface area contributed by atoms with Gasteiger partial charge in [0.15, 0.2) is 0 Å². The predicted molar refractivity (Wildman–Crippen MR) is 32.2 cm³/mol. The van der Waals surface area contributed by atoms with Crippen molar-refractivity contribution < 1.29 is 13.5 Å². The smallest absolute Gasteiger partial charge is 0.216 e. The van der Waals surface area contributed by atoms with Crippen LogP contribution in [0.4, 0.5) is 0 Å². The predicted octanol–water partition coefficient (Wildman–Crippen LogP) is -1.03. The quantitative estimate of drug-likeness (QED) is 0.521. The first kappa shape index (κ1) is 6.98. The Bertz CT molecular complexity index is 186. The van der Waals surface area contributed by atoms with Gasteiger partial charge in [-0.2, -0.15) is 4.31 Å². The lowest BCUT2D eigenvalue weighted by Gasteiger charge is -2.07. The molecule has 5 heteroatoms. The summed E-state index contributed by atoms with van der Waals surface area (Å²) in [5, 5.41) is 8.45. The van der Waals surface area contributed by atoms with Crippen molar-refractivity contribution in [3.05, 3.63) is 0 Å². The van der Waals surface area contributed by atoms with Gasteiger partial charge in [-0.15, -0.1) is 0 Å². The number of aliphatic hydroxyl groups is 1. The van der Waals surface area contributed by atoms with Crippen LogP contribution in [0.15, 0.2) is 0 Å². The standard InChI is InChI=1S/C4H9NO3S/c6-4-5-2-1-3-9(5,7)8/h6H,1-4H2. The second kappa shape index (κ2) is 2.24. The Hall–Kier alpha value is -0.130. The van der Waals surface area contributed by atoms with Gasteiger partial charge in [0, 0.05) is 6.54 Å². The molecule has 0 saturated carbocycles. The topological polar surface area (TPSA) is 57.6 Å². The number of nitrogens with zero attached hydrogens (tertiary/aromatic N) is 1. The van der Waals surface area contributed by atoms with Gasteiger partial charge in [-0.05, 0) is 6.42 Å². The van der Waals surface area contributed by atoms with Gasteiger partial charge in [-0.25, -0.2) is 8.42 Å². The van der Waals surface area contributed by atoms with Crippen molar-refractivity contribution in [3.8, 4) is 0 Å². The van der Waals surface area contributed by atoms with E-state index in [0.29, 0.717) is 13.0 Å². The molecule has 1 heterocycles. The number of hydrogen-bond donors (Lipinski definition) is 1. The van der Waals surface area contributed by atoms with Crippen molar-refractivity contribution in [1.82, 2.24) is 4.31 Å². The molecule has 0 radical (unpaired) electrons. The van der Waals surface area contributed by atoms with Crippen molar-refractivity contribution in [2.75, 3.05) is 19.0 Å². The maximum absolute atomic E-state index is 10.8. The molecule has 0 unspecified atom stereocenters. The minimum Gasteiger partial charge on any atom is -0.380 e. The first-order chi connectivity index (χ1) is 4.17. The summed E-state index contributed by atoms with van der Waals surface area (Å²) in [6.07, 6.45) is 0.642. The highest BCUT2D eigenvalue weighted by molar-refractivity contribution is 7.89. The van der Waals surface area contributed by atoms with Gasteiger partial charge in [-0.1, -0.05) is 0 Å². The zero-order valence-electron chi connectivity index (χ0n) is 4.95. The SMILES string of the molecule is O=S1(=O)CCCN1CO. The molecule has 0 atom stereocenters. The van der Waals surface area contributed by atoms with E-state index in [0.717, 1.165) is 4.31 Å². The lowest BCUT2D eigenvalue weighted by atomic mass is 10.5. The molecule has 1 aliphatic heterocycles. The summed E-state index contributed by atoms with van der Waals surface area (Å²) in [6.45, 7) is 0.0984. The fraction of sp³-hybridized carbons (Fsp3) is 1.00. The zero-order chi connectivity index (χ0) is 6.91. The molecule has 0 bridgehead atoms. The minimum atomic E-state index is -3.05. The molecule has 1 saturated heterocycles. The van der Waals surface area contributed by atoms with Crippen molar-refractivity contribution in [2.24, 2.45) is 0 Å². The molecule has 4 nitrogen and oxygen atoms in total.